The van der Waals surface area contributed by atoms with Gasteiger partial charge in [-0.2, -0.15) is 0 Å². The highest BCUT2D eigenvalue weighted by molar-refractivity contribution is 6.26. The number of hydrogen-bond acceptors (Lipinski definition) is 1. The third kappa shape index (κ3) is 4.12. The molecule has 0 amide bonds. The zero-order valence-corrected chi connectivity index (χ0v) is 27.6. The van der Waals surface area contributed by atoms with Crippen LogP contribution in [0.25, 0.3) is 99.2 Å². The molecule has 11 aromatic rings. The number of rotatable bonds is 4. The van der Waals surface area contributed by atoms with Crippen LogP contribution in [0, 0.1) is 0 Å². The molecule has 0 unspecified atom stereocenters. The van der Waals surface area contributed by atoms with Crippen LogP contribution in [0.15, 0.2) is 186 Å². The number of para-hydroxylation sites is 3. The van der Waals surface area contributed by atoms with Crippen LogP contribution in [-0.4, -0.2) is 9.13 Å². The number of benzene rings is 8. The molecular weight excluding hydrogens is 621 g/mol. The van der Waals surface area contributed by atoms with E-state index in [0.29, 0.717) is 0 Å². The summed E-state index contributed by atoms with van der Waals surface area (Å²) in [5.74, 6) is 0. The summed E-state index contributed by atoms with van der Waals surface area (Å²) in [5, 5.41) is 7.20. The van der Waals surface area contributed by atoms with Gasteiger partial charge in [0.2, 0.25) is 0 Å². The van der Waals surface area contributed by atoms with Crippen LogP contribution in [-0.2, 0) is 0 Å². The fourth-order valence-electron chi connectivity index (χ4n) is 8.26. The molecule has 3 heteroatoms. The summed E-state index contributed by atoms with van der Waals surface area (Å²) >= 11 is 0. The maximum Gasteiger partial charge on any atom is 0.143 e. The predicted octanol–water partition coefficient (Wildman–Crippen LogP) is 13.1. The molecule has 0 saturated carbocycles. The van der Waals surface area contributed by atoms with Crippen LogP contribution in [0.5, 0.6) is 0 Å². The van der Waals surface area contributed by atoms with Gasteiger partial charge in [0.15, 0.2) is 0 Å². The van der Waals surface area contributed by atoms with Crippen molar-refractivity contribution < 1.29 is 4.42 Å². The van der Waals surface area contributed by atoms with E-state index in [2.05, 4.69) is 191 Å². The van der Waals surface area contributed by atoms with E-state index in [0.717, 1.165) is 55.5 Å². The van der Waals surface area contributed by atoms with Gasteiger partial charge in [-0.1, -0.05) is 133 Å². The molecule has 0 radical (unpaired) electrons. The largest absolute Gasteiger partial charge is 0.455 e. The number of nitrogens with zero attached hydrogens (tertiary/aromatic N) is 2. The number of aromatic nitrogens is 2. The van der Waals surface area contributed by atoms with Gasteiger partial charge in [0, 0.05) is 55.3 Å². The van der Waals surface area contributed by atoms with E-state index < -0.39 is 0 Å². The highest BCUT2D eigenvalue weighted by atomic mass is 16.3. The maximum atomic E-state index is 6.71. The van der Waals surface area contributed by atoms with Gasteiger partial charge in [0.25, 0.3) is 0 Å². The lowest BCUT2D eigenvalue weighted by molar-refractivity contribution is 0.669. The summed E-state index contributed by atoms with van der Waals surface area (Å²) in [6.45, 7) is 0. The van der Waals surface area contributed by atoms with E-state index in [-0.39, 0.29) is 0 Å². The van der Waals surface area contributed by atoms with Crippen LogP contribution in [0.3, 0.4) is 0 Å². The Labute approximate surface area is 293 Å². The Morgan fingerprint density at radius 3 is 1.75 bits per heavy atom. The van der Waals surface area contributed by atoms with Crippen molar-refractivity contribution in [2.45, 2.75) is 0 Å². The van der Waals surface area contributed by atoms with Gasteiger partial charge in [-0.3, -0.25) is 0 Å². The lowest BCUT2D eigenvalue weighted by atomic mass is 10.0. The molecule has 0 N–H and O–H groups in total. The van der Waals surface area contributed by atoms with Crippen molar-refractivity contribution >= 4 is 65.6 Å². The fourth-order valence-corrected chi connectivity index (χ4v) is 8.26. The Kier molecular flexibility index (Phi) is 5.96. The topological polar surface area (TPSA) is 23.0 Å². The van der Waals surface area contributed by atoms with Crippen molar-refractivity contribution in [3.63, 3.8) is 0 Å². The quantitative estimate of drug-likeness (QED) is 0.186. The van der Waals surface area contributed by atoms with Crippen molar-refractivity contribution in [1.29, 1.82) is 0 Å². The first-order valence-corrected chi connectivity index (χ1v) is 17.4. The minimum atomic E-state index is 0.880. The predicted molar refractivity (Wildman–Crippen MR) is 213 cm³/mol. The van der Waals surface area contributed by atoms with Crippen LogP contribution >= 0.6 is 0 Å². The van der Waals surface area contributed by atoms with Crippen molar-refractivity contribution in [3.05, 3.63) is 182 Å². The third-order valence-corrected chi connectivity index (χ3v) is 10.5. The normalized spacial score (nSPS) is 11.9. The third-order valence-electron chi connectivity index (χ3n) is 10.5. The van der Waals surface area contributed by atoms with Gasteiger partial charge in [-0.25, -0.2) is 0 Å². The molecule has 3 nitrogen and oxygen atoms in total. The smallest absolute Gasteiger partial charge is 0.143 e. The molecular formula is C48H30N2O. The first-order valence-electron chi connectivity index (χ1n) is 17.4. The van der Waals surface area contributed by atoms with Gasteiger partial charge in [0.05, 0.1) is 22.1 Å². The lowest BCUT2D eigenvalue weighted by Gasteiger charge is -2.11. The molecule has 0 atom stereocenters. The molecule has 3 heterocycles. The van der Waals surface area contributed by atoms with E-state index in [1.807, 2.05) is 0 Å². The van der Waals surface area contributed by atoms with Crippen LogP contribution in [0.1, 0.15) is 0 Å². The minimum absolute atomic E-state index is 0.880. The summed E-state index contributed by atoms with van der Waals surface area (Å²) in [4.78, 5) is 0. The van der Waals surface area contributed by atoms with Gasteiger partial charge < -0.3 is 13.6 Å². The van der Waals surface area contributed by atoms with Crippen molar-refractivity contribution in [2.24, 2.45) is 0 Å². The first kappa shape index (κ1) is 28.0. The highest BCUT2D eigenvalue weighted by Crippen LogP contribution is 2.43. The SMILES string of the molecule is c1ccc(-c2ccc(-n3c4ccccc4c4ccc5c(c6ccccc6n5-c5ccc6c(c5)oc5c(-c7ccccc7)cccc56)c43)cc2)cc1. The Hall–Kier alpha value is -6.84. The number of hydrogen-bond donors (Lipinski definition) is 0. The summed E-state index contributed by atoms with van der Waals surface area (Å²) in [6, 6.07) is 65.3. The van der Waals surface area contributed by atoms with Gasteiger partial charge in [-0.05, 0) is 59.2 Å². The Bertz CT molecular complexity index is 3110. The second-order valence-electron chi connectivity index (χ2n) is 13.3. The zero-order valence-electron chi connectivity index (χ0n) is 27.6. The van der Waals surface area contributed by atoms with Crippen LogP contribution in [0.2, 0.25) is 0 Å². The molecule has 0 fully saturated rings. The molecule has 3 aromatic heterocycles. The number of fused-ring (bicyclic) bond motifs is 10. The monoisotopic (exact) mass is 650 g/mol. The van der Waals surface area contributed by atoms with Crippen LogP contribution in [0.4, 0.5) is 0 Å². The molecule has 0 bridgehead atoms. The molecule has 0 aliphatic heterocycles. The zero-order chi connectivity index (χ0) is 33.5. The average Bonchev–Trinajstić information content (AvgIpc) is 3.86. The minimum Gasteiger partial charge on any atom is -0.455 e. The van der Waals surface area contributed by atoms with Crippen molar-refractivity contribution in [3.8, 4) is 33.6 Å². The van der Waals surface area contributed by atoms with Crippen LogP contribution < -0.4 is 0 Å². The second kappa shape index (κ2) is 10.8. The van der Waals surface area contributed by atoms with Crippen molar-refractivity contribution in [2.75, 3.05) is 0 Å². The standard InChI is InChI=1S/C48H30N2O/c1-3-12-31(13-4-1)32-22-24-34(25-23-32)50-42-20-9-7-16-37(42)39-28-29-44-46(47(39)50)41-17-8-10-21-43(41)49(44)35-26-27-38-40-19-11-18-36(33-14-5-2-6-15-33)48(40)51-45(38)30-35/h1-30H. The molecule has 0 saturated heterocycles. The van der Waals surface area contributed by atoms with E-state index >= 15 is 0 Å². The maximum absolute atomic E-state index is 6.71. The fraction of sp³-hybridized carbons (Fsp3) is 0. The molecule has 11 rings (SSSR count). The average molecular weight is 651 g/mol. The first-order chi connectivity index (χ1) is 25.3. The molecule has 0 aliphatic carbocycles. The second-order valence-corrected chi connectivity index (χ2v) is 13.3. The molecule has 0 spiro atoms. The summed E-state index contributed by atoms with van der Waals surface area (Å²) < 4.78 is 11.6. The van der Waals surface area contributed by atoms with E-state index in [4.69, 9.17) is 4.42 Å². The highest BCUT2D eigenvalue weighted by Gasteiger charge is 2.21. The summed E-state index contributed by atoms with van der Waals surface area (Å²) in [7, 11) is 0. The molecule has 238 valence electrons. The molecule has 0 aliphatic rings. The Morgan fingerprint density at radius 1 is 0.353 bits per heavy atom. The Balaban J connectivity index is 1.17. The summed E-state index contributed by atoms with van der Waals surface area (Å²) in [6.07, 6.45) is 0. The lowest BCUT2D eigenvalue weighted by Crippen LogP contribution is -1.95. The Morgan fingerprint density at radius 2 is 0.961 bits per heavy atom. The van der Waals surface area contributed by atoms with Gasteiger partial charge in [0.1, 0.15) is 11.2 Å². The molecule has 8 aromatic carbocycles. The van der Waals surface area contributed by atoms with E-state index in [9.17, 15) is 0 Å². The number of furan rings is 1. The van der Waals surface area contributed by atoms with Crippen molar-refractivity contribution in [1.82, 2.24) is 9.13 Å². The van der Waals surface area contributed by atoms with E-state index in [1.165, 1.54) is 43.7 Å². The van der Waals surface area contributed by atoms with Gasteiger partial charge >= 0.3 is 0 Å². The van der Waals surface area contributed by atoms with Gasteiger partial charge in [-0.15, -0.1) is 0 Å². The summed E-state index contributed by atoms with van der Waals surface area (Å²) in [5.41, 5.74) is 13.4. The van der Waals surface area contributed by atoms with E-state index in [1.54, 1.807) is 0 Å². The molecule has 51 heavy (non-hydrogen) atoms.